The number of rotatable bonds is 7. The number of fused-ring (bicyclic) bond motifs is 2. The topological polar surface area (TPSA) is 38.8 Å². The summed E-state index contributed by atoms with van der Waals surface area (Å²) in [6.07, 6.45) is 5.05. The van der Waals surface area contributed by atoms with Crippen LogP contribution in [0.1, 0.15) is 48.0 Å². The predicted octanol–water partition coefficient (Wildman–Crippen LogP) is 4.82. The molecule has 154 valence electrons. The van der Waals surface area contributed by atoms with E-state index in [9.17, 15) is 9.18 Å². The Morgan fingerprint density at radius 1 is 1.10 bits per heavy atom. The smallest absolute Gasteiger partial charge is 0.188 e. The number of hydrogen-bond donors (Lipinski definition) is 0. The molecule has 4 nitrogen and oxygen atoms in total. The number of methoxy groups -OCH3 is 1. The third-order valence-electron chi connectivity index (χ3n) is 6.25. The van der Waals surface area contributed by atoms with Gasteiger partial charge in [0.25, 0.3) is 0 Å². The molecule has 2 aliphatic heterocycles. The Balaban J connectivity index is 1.46. The fourth-order valence-corrected chi connectivity index (χ4v) is 4.88. The minimum Gasteiger partial charge on any atom is -0.467 e. The van der Waals surface area contributed by atoms with Gasteiger partial charge in [-0.1, -0.05) is 36.8 Å². The number of carbonyl (C=O) groups excluding carboxylic acids is 1. The largest absolute Gasteiger partial charge is 0.467 e. The van der Waals surface area contributed by atoms with Crippen molar-refractivity contribution in [1.82, 2.24) is 4.90 Å². The quantitative estimate of drug-likeness (QED) is 0.496. The summed E-state index contributed by atoms with van der Waals surface area (Å²) in [6.45, 7) is 0.979. The summed E-state index contributed by atoms with van der Waals surface area (Å²) in [4.78, 5) is 15.7. The van der Waals surface area contributed by atoms with Gasteiger partial charge >= 0.3 is 0 Å². The van der Waals surface area contributed by atoms with Gasteiger partial charge in [-0.15, -0.1) is 0 Å². The molecule has 2 saturated heterocycles. The first-order valence-corrected chi connectivity index (χ1v) is 10.4. The van der Waals surface area contributed by atoms with E-state index in [1.165, 1.54) is 25.2 Å². The SMILES string of the molecule is COCOc1ccc(C(=O)C2CC3CCCC(C2)N3Cc2ccccc2)c(F)c1. The van der Waals surface area contributed by atoms with E-state index >= 15 is 0 Å². The minimum absolute atomic E-state index is 0.0516. The van der Waals surface area contributed by atoms with E-state index in [0.29, 0.717) is 17.8 Å². The second-order valence-corrected chi connectivity index (χ2v) is 8.12. The molecule has 2 fully saturated rings. The minimum atomic E-state index is -0.513. The third-order valence-corrected chi connectivity index (χ3v) is 6.25. The molecule has 0 aromatic heterocycles. The monoisotopic (exact) mass is 397 g/mol. The molecule has 2 heterocycles. The zero-order valence-electron chi connectivity index (χ0n) is 16.9. The first-order chi connectivity index (χ1) is 14.2. The lowest BCUT2D eigenvalue weighted by Crippen LogP contribution is -2.52. The number of ether oxygens (including phenoxy) is 2. The second-order valence-electron chi connectivity index (χ2n) is 8.12. The molecule has 4 rings (SSSR count). The van der Waals surface area contributed by atoms with E-state index in [0.717, 1.165) is 32.2 Å². The van der Waals surface area contributed by atoms with Crippen molar-refractivity contribution in [3.05, 3.63) is 65.5 Å². The Hall–Kier alpha value is -2.24. The van der Waals surface area contributed by atoms with Crippen LogP contribution >= 0.6 is 0 Å². The fourth-order valence-electron chi connectivity index (χ4n) is 4.88. The molecule has 0 radical (unpaired) electrons. The van der Waals surface area contributed by atoms with Gasteiger partial charge < -0.3 is 9.47 Å². The second kappa shape index (κ2) is 9.06. The van der Waals surface area contributed by atoms with E-state index in [-0.39, 0.29) is 24.1 Å². The van der Waals surface area contributed by atoms with Gasteiger partial charge in [0.05, 0.1) is 5.56 Å². The summed E-state index contributed by atoms with van der Waals surface area (Å²) >= 11 is 0. The van der Waals surface area contributed by atoms with Gasteiger partial charge in [0, 0.05) is 37.7 Å². The Labute approximate surface area is 171 Å². The normalized spacial score (nSPS) is 24.3. The summed E-state index contributed by atoms with van der Waals surface area (Å²) in [5.41, 5.74) is 1.49. The Morgan fingerprint density at radius 2 is 1.83 bits per heavy atom. The Morgan fingerprint density at radius 3 is 2.48 bits per heavy atom. The number of nitrogens with zero attached hydrogens (tertiary/aromatic N) is 1. The number of carbonyl (C=O) groups is 1. The Kier molecular flexibility index (Phi) is 6.26. The predicted molar refractivity (Wildman–Crippen MR) is 109 cm³/mol. The molecule has 5 heteroatoms. The van der Waals surface area contributed by atoms with Gasteiger partial charge in [-0.2, -0.15) is 0 Å². The molecule has 2 aliphatic rings. The highest BCUT2D eigenvalue weighted by molar-refractivity contribution is 5.98. The Bertz CT molecular complexity index is 827. The molecule has 0 spiro atoms. The molecule has 2 atom stereocenters. The molecule has 0 N–H and O–H groups in total. The number of halogens is 1. The van der Waals surface area contributed by atoms with Crippen molar-refractivity contribution in [3.8, 4) is 5.75 Å². The van der Waals surface area contributed by atoms with Gasteiger partial charge in [-0.25, -0.2) is 4.39 Å². The molecule has 0 aliphatic carbocycles. The standard InChI is InChI=1S/C24H28FNO3/c1-28-16-29-21-10-11-22(23(25)14-21)24(27)18-12-19-8-5-9-20(13-18)26(19)15-17-6-3-2-4-7-17/h2-4,6-7,10-11,14,18-20H,5,8-9,12-13,15-16H2,1H3. The van der Waals surface area contributed by atoms with Crippen molar-refractivity contribution in [2.75, 3.05) is 13.9 Å². The molecule has 0 amide bonds. The van der Waals surface area contributed by atoms with Crippen LogP contribution in [0.2, 0.25) is 0 Å². The van der Waals surface area contributed by atoms with Gasteiger partial charge in [-0.3, -0.25) is 9.69 Å². The molecule has 2 aromatic carbocycles. The highest BCUT2D eigenvalue weighted by Crippen LogP contribution is 2.39. The van der Waals surface area contributed by atoms with Crippen molar-refractivity contribution in [3.63, 3.8) is 0 Å². The molecular formula is C24H28FNO3. The highest BCUT2D eigenvalue weighted by Gasteiger charge is 2.41. The van der Waals surface area contributed by atoms with Gasteiger partial charge in [0.15, 0.2) is 12.6 Å². The molecule has 2 unspecified atom stereocenters. The van der Waals surface area contributed by atoms with Gasteiger partial charge in [-0.05, 0) is 43.4 Å². The van der Waals surface area contributed by atoms with E-state index in [1.807, 2.05) is 6.07 Å². The van der Waals surface area contributed by atoms with Crippen LogP contribution in [0.25, 0.3) is 0 Å². The van der Waals surface area contributed by atoms with Crippen LogP contribution in [0.3, 0.4) is 0 Å². The van der Waals surface area contributed by atoms with Gasteiger partial charge in [0.2, 0.25) is 0 Å². The zero-order valence-corrected chi connectivity index (χ0v) is 16.9. The van der Waals surface area contributed by atoms with E-state index in [4.69, 9.17) is 9.47 Å². The molecule has 2 aromatic rings. The molecule has 2 bridgehead atoms. The lowest BCUT2D eigenvalue weighted by molar-refractivity contribution is 0.00894. The summed E-state index contributed by atoms with van der Waals surface area (Å²) in [5.74, 6) is -0.328. The first kappa shape index (κ1) is 20.0. The average molecular weight is 397 g/mol. The van der Waals surface area contributed by atoms with E-state index in [2.05, 4.69) is 29.2 Å². The average Bonchev–Trinajstić information content (AvgIpc) is 2.72. The fraction of sp³-hybridized carbons (Fsp3) is 0.458. The van der Waals surface area contributed by atoms with Crippen molar-refractivity contribution in [2.24, 2.45) is 5.92 Å². The van der Waals surface area contributed by atoms with E-state index < -0.39 is 5.82 Å². The van der Waals surface area contributed by atoms with Crippen molar-refractivity contribution < 1.29 is 18.7 Å². The number of Topliss-reactive ketones (excluding diaryl/α,β-unsaturated/α-hetero) is 1. The zero-order chi connectivity index (χ0) is 20.2. The maximum absolute atomic E-state index is 14.6. The van der Waals surface area contributed by atoms with Crippen molar-refractivity contribution in [2.45, 2.75) is 50.7 Å². The van der Waals surface area contributed by atoms with Crippen molar-refractivity contribution >= 4 is 5.78 Å². The molecule has 0 saturated carbocycles. The van der Waals surface area contributed by atoms with Gasteiger partial charge in [0.1, 0.15) is 11.6 Å². The third kappa shape index (κ3) is 4.51. The number of benzene rings is 2. The summed E-state index contributed by atoms with van der Waals surface area (Å²) < 4.78 is 24.7. The van der Waals surface area contributed by atoms with Crippen LogP contribution in [0, 0.1) is 11.7 Å². The lowest BCUT2D eigenvalue weighted by atomic mass is 9.75. The molecule has 29 heavy (non-hydrogen) atoms. The first-order valence-electron chi connectivity index (χ1n) is 10.4. The van der Waals surface area contributed by atoms with Crippen LogP contribution in [0.5, 0.6) is 5.75 Å². The summed E-state index contributed by atoms with van der Waals surface area (Å²) in [5, 5.41) is 0. The molecular weight excluding hydrogens is 369 g/mol. The lowest BCUT2D eigenvalue weighted by Gasteiger charge is -2.48. The van der Waals surface area contributed by atoms with Crippen LogP contribution in [-0.4, -0.2) is 36.7 Å². The summed E-state index contributed by atoms with van der Waals surface area (Å²) in [6, 6.07) is 15.8. The van der Waals surface area contributed by atoms with E-state index in [1.54, 1.807) is 12.1 Å². The number of hydrogen-bond acceptors (Lipinski definition) is 4. The maximum Gasteiger partial charge on any atom is 0.188 e. The summed E-state index contributed by atoms with van der Waals surface area (Å²) in [7, 11) is 1.51. The van der Waals surface area contributed by atoms with Crippen LogP contribution in [-0.2, 0) is 11.3 Å². The van der Waals surface area contributed by atoms with Crippen molar-refractivity contribution in [1.29, 1.82) is 0 Å². The maximum atomic E-state index is 14.6. The highest BCUT2D eigenvalue weighted by atomic mass is 19.1. The van der Waals surface area contributed by atoms with Crippen LogP contribution in [0.4, 0.5) is 4.39 Å². The van der Waals surface area contributed by atoms with Crippen LogP contribution in [0.15, 0.2) is 48.5 Å². The number of ketones is 1. The number of piperidine rings is 2. The van der Waals surface area contributed by atoms with Crippen LogP contribution < -0.4 is 4.74 Å².